The fourth-order valence-electron chi connectivity index (χ4n) is 2.90. The van der Waals surface area contributed by atoms with Gasteiger partial charge in [-0.15, -0.1) is 0 Å². The Morgan fingerprint density at radius 2 is 2.05 bits per heavy atom. The molecule has 1 heterocycles. The molecule has 0 aliphatic heterocycles. The number of rotatable bonds is 4. The molecule has 0 radical (unpaired) electrons. The van der Waals surface area contributed by atoms with E-state index in [0.29, 0.717) is 28.8 Å². The predicted molar refractivity (Wildman–Crippen MR) is 80.4 cm³/mol. The zero-order chi connectivity index (χ0) is 14.9. The van der Waals surface area contributed by atoms with Gasteiger partial charge in [-0.05, 0) is 29.9 Å². The highest BCUT2D eigenvalue weighted by molar-refractivity contribution is 6.08. The molecule has 3 heteroatoms. The van der Waals surface area contributed by atoms with Gasteiger partial charge in [0, 0.05) is 29.1 Å². The molecular weight excluding hydrogens is 253 g/mol. The number of ketones is 1. The molecule has 2 rings (SSSR count). The van der Waals surface area contributed by atoms with E-state index in [1.165, 1.54) is 6.07 Å². The molecule has 0 fully saturated rings. The van der Waals surface area contributed by atoms with Crippen LogP contribution in [0.3, 0.4) is 0 Å². The van der Waals surface area contributed by atoms with Crippen molar-refractivity contribution >= 4 is 16.7 Å². The second-order valence-electron chi connectivity index (χ2n) is 6.86. The van der Waals surface area contributed by atoms with Gasteiger partial charge in [-0.2, -0.15) is 0 Å². The predicted octanol–water partition coefficient (Wildman–Crippen LogP) is 4.95. The van der Waals surface area contributed by atoms with Gasteiger partial charge in [0.05, 0.1) is 0 Å². The van der Waals surface area contributed by atoms with E-state index in [4.69, 9.17) is 0 Å². The number of hydrogen-bond donors (Lipinski definition) is 1. The van der Waals surface area contributed by atoms with Crippen molar-refractivity contribution in [3.8, 4) is 0 Å². The summed E-state index contributed by atoms with van der Waals surface area (Å²) in [5.74, 6) is -0.0344. The van der Waals surface area contributed by atoms with E-state index in [-0.39, 0.29) is 17.0 Å². The minimum absolute atomic E-state index is 0.0121. The maximum absolute atomic E-state index is 13.9. The summed E-state index contributed by atoms with van der Waals surface area (Å²) in [7, 11) is 0. The van der Waals surface area contributed by atoms with Crippen LogP contribution in [0.4, 0.5) is 4.39 Å². The fraction of sp³-hybridized carbons (Fsp3) is 0.471. The van der Waals surface area contributed by atoms with Crippen LogP contribution in [0.25, 0.3) is 10.9 Å². The lowest BCUT2D eigenvalue weighted by molar-refractivity contribution is 0.0955. The van der Waals surface area contributed by atoms with Gasteiger partial charge in [-0.1, -0.05) is 33.8 Å². The number of H-pyrrole nitrogens is 1. The second kappa shape index (κ2) is 5.39. The van der Waals surface area contributed by atoms with Gasteiger partial charge in [-0.25, -0.2) is 4.39 Å². The molecule has 0 bridgehead atoms. The summed E-state index contributed by atoms with van der Waals surface area (Å²) in [4.78, 5) is 15.4. The lowest BCUT2D eigenvalue weighted by atomic mass is 9.83. The molecular formula is C17H22FNO. The number of carbonyl (C=O) groups excluding carboxylic acids is 1. The summed E-state index contributed by atoms with van der Waals surface area (Å²) < 4.78 is 13.9. The molecule has 0 saturated heterocycles. The highest BCUT2D eigenvalue weighted by Crippen LogP contribution is 2.28. The zero-order valence-electron chi connectivity index (χ0n) is 12.6. The molecule has 0 amide bonds. The smallest absolute Gasteiger partial charge is 0.165 e. The van der Waals surface area contributed by atoms with Crippen molar-refractivity contribution in [2.45, 2.75) is 40.5 Å². The van der Waals surface area contributed by atoms with Crippen LogP contribution in [0.15, 0.2) is 24.4 Å². The average molecular weight is 275 g/mol. The van der Waals surface area contributed by atoms with E-state index in [9.17, 15) is 9.18 Å². The molecule has 1 unspecified atom stereocenters. The van der Waals surface area contributed by atoms with Gasteiger partial charge in [0.15, 0.2) is 5.78 Å². The maximum Gasteiger partial charge on any atom is 0.165 e. The highest BCUT2D eigenvalue weighted by atomic mass is 19.1. The Bertz CT molecular complexity index is 621. The first-order valence-corrected chi connectivity index (χ1v) is 7.07. The van der Waals surface area contributed by atoms with Crippen LogP contribution in [-0.4, -0.2) is 10.8 Å². The van der Waals surface area contributed by atoms with Gasteiger partial charge < -0.3 is 4.98 Å². The number of Topliss-reactive ketones (excluding diaryl/α,β-unsaturated/α-hetero) is 1. The summed E-state index contributed by atoms with van der Waals surface area (Å²) in [6.45, 7) is 8.58. The first kappa shape index (κ1) is 14.8. The Kier molecular flexibility index (Phi) is 3.98. The lowest BCUT2D eigenvalue weighted by Crippen LogP contribution is -2.14. The van der Waals surface area contributed by atoms with E-state index in [1.807, 2.05) is 0 Å². The number of halogens is 1. The Balaban J connectivity index is 2.20. The lowest BCUT2D eigenvalue weighted by Gasteiger charge is -2.22. The number of nitrogens with one attached hydrogen (secondary N) is 1. The summed E-state index contributed by atoms with van der Waals surface area (Å²) in [6.07, 6.45) is 3.06. The van der Waals surface area contributed by atoms with E-state index in [0.717, 1.165) is 6.42 Å². The Morgan fingerprint density at radius 3 is 2.70 bits per heavy atom. The molecule has 108 valence electrons. The summed E-state index contributed by atoms with van der Waals surface area (Å²) >= 11 is 0. The summed E-state index contributed by atoms with van der Waals surface area (Å²) in [5, 5.41) is 0.417. The molecule has 0 spiro atoms. The molecule has 0 saturated carbocycles. The normalized spacial score (nSPS) is 13.7. The van der Waals surface area contributed by atoms with Crippen LogP contribution in [0, 0.1) is 17.2 Å². The number of aromatic amines is 1. The molecule has 0 aliphatic rings. The largest absolute Gasteiger partial charge is 0.360 e. The minimum atomic E-state index is -0.337. The van der Waals surface area contributed by atoms with Crippen molar-refractivity contribution in [1.29, 1.82) is 0 Å². The Morgan fingerprint density at radius 1 is 1.35 bits per heavy atom. The van der Waals surface area contributed by atoms with E-state index < -0.39 is 0 Å². The summed E-state index contributed by atoms with van der Waals surface area (Å²) in [6, 6.07) is 4.82. The number of hydrogen-bond acceptors (Lipinski definition) is 1. The molecule has 20 heavy (non-hydrogen) atoms. The van der Waals surface area contributed by atoms with Crippen molar-refractivity contribution in [2.75, 3.05) is 0 Å². The topological polar surface area (TPSA) is 32.9 Å². The van der Waals surface area contributed by atoms with Crippen LogP contribution in [0.1, 0.15) is 50.9 Å². The fourth-order valence-corrected chi connectivity index (χ4v) is 2.90. The third-order valence-corrected chi connectivity index (χ3v) is 3.45. The van der Waals surface area contributed by atoms with Gasteiger partial charge in [-0.3, -0.25) is 4.79 Å². The molecule has 1 aromatic carbocycles. The first-order chi connectivity index (χ1) is 9.28. The average Bonchev–Trinajstić information content (AvgIpc) is 2.71. The van der Waals surface area contributed by atoms with Crippen molar-refractivity contribution in [3.05, 3.63) is 35.8 Å². The van der Waals surface area contributed by atoms with E-state index in [2.05, 4.69) is 32.7 Å². The quantitative estimate of drug-likeness (QED) is 0.787. The van der Waals surface area contributed by atoms with Crippen molar-refractivity contribution < 1.29 is 9.18 Å². The molecule has 1 atom stereocenters. The maximum atomic E-state index is 13.9. The van der Waals surface area contributed by atoms with Gasteiger partial charge in [0.1, 0.15) is 5.82 Å². The van der Waals surface area contributed by atoms with Crippen LogP contribution in [0.2, 0.25) is 0 Å². The van der Waals surface area contributed by atoms with Crippen LogP contribution < -0.4 is 0 Å². The molecule has 1 N–H and O–H groups in total. The van der Waals surface area contributed by atoms with Crippen molar-refractivity contribution in [2.24, 2.45) is 11.3 Å². The van der Waals surface area contributed by atoms with Gasteiger partial charge in [0.2, 0.25) is 0 Å². The van der Waals surface area contributed by atoms with E-state index in [1.54, 1.807) is 18.3 Å². The van der Waals surface area contributed by atoms with Crippen molar-refractivity contribution in [3.63, 3.8) is 0 Å². The standard InChI is InChI=1S/C17H22FNO/c1-11(9-17(2,3)4)8-15(20)12-10-19-14-7-5-6-13(18)16(12)14/h5-7,10-11,19H,8-9H2,1-4H3. The third-order valence-electron chi connectivity index (χ3n) is 3.45. The molecule has 2 aromatic rings. The third kappa shape index (κ3) is 3.27. The Hall–Kier alpha value is -1.64. The molecule has 0 aliphatic carbocycles. The first-order valence-electron chi connectivity index (χ1n) is 7.07. The number of carbonyl (C=O) groups is 1. The summed E-state index contributed by atoms with van der Waals surface area (Å²) in [5.41, 5.74) is 1.35. The molecule has 2 nitrogen and oxygen atoms in total. The van der Waals surface area contributed by atoms with Crippen LogP contribution >= 0.6 is 0 Å². The van der Waals surface area contributed by atoms with Gasteiger partial charge >= 0.3 is 0 Å². The van der Waals surface area contributed by atoms with Gasteiger partial charge in [0.25, 0.3) is 0 Å². The van der Waals surface area contributed by atoms with Crippen LogP contribution in [-0.2, 0) is 0 Å². The zero-order valence-corrected chi connectivity index (χ0v) is 12.6. The number of aromatic nitrogens is 1. The Labute approximate surface area is 119 Å². The monoisotopic (exact) mass is 275 g/mol. The van der Waals surface area contributed by atoms with E-state index >= 15 is 0 Å². The van der Waals surface area contributed by atoms with Crippen molar-refractivity contribution in [1.82, 2.24) is 4.98 Å². The second-order valence-corrected chi connectivity index (χ2v) is 6.86. The van der Waals surface area contributed by atoms with Crippen LogP contribution in [0.5, 0.6) is 0 Å². The SMILES string of the molecule is CC(CC(=O)c1c[nH]c2cccc(F)c12)CC(C)(C)C. The number of benzene rings is 1. The number of fused-ring (bicyclic) bond motifs is 1. The minimum Gasteiger partial charge on any atom is -0.360 e. The molecule has 1 aromatic heterocycles. The highest BCUT2D eigenvalue weighted by Gasteiger charge is 2.21.